The van der Waals surface area contributed by atoms with E-state index in [-0.39, 0.29) is 6.04 Å². The maximum atomic E-state index is 9.77. The third-order valence-corrected chi connectivity index (χ3v) is 2.48. The molecule has 0 aliphatic heterocycles. The van der Waals surface area contributed by atoms with Crippen molar-refractivity contribution in [1.82, 2.24) is 4.90 Å². The Balaban J connectivity index is 2.74. The summed E-state index contributed by atoms with van der Waals surface area (Å²) in [6, 6.07) is 3.88. The van der Waals surface area contributed by atoms with Gasteiger partial charge in [-0.15, -0.1) is 0 Å². The molecular formula is C12H22N2O2. The van der Waals surface area contributed by atoms with Gasteiger partial charge in [0.25, 0.3) is 0 Å². The lowest BCUT2D eigenvalue weighted by molar-refractivity contribution is 0.0290. The normalized spacial score (nSPS) is 14.4. The summed E-state index contributed by atoms with van der Waals surface area (Å²) in [4.78, 5) is 2.01. The number of nitrogens with zero attached hydrogens (tertiary/aromatic N) is 1. The first-order valence-corrected chi connectivity index (χ1v) is 5.52. The van der Waals surface area contributed by atoms with E-state index in [9.17, 15) is 5.11 Å². The molecule has 16 heavy (non-hydrogen) atoms. The number of furan rings is 1. The van der Waals surface area contributed by atoms with Crippen LogP contribution in [0.3, 0.4) is 0 Å². The quantitative estimate of drug-likeness (QED) is 0.794. The molecule has 0 aromatic carbocycles. The highest BCUT2D eigenvalue weighted by Gasteiger charge is 2.24. The summed E-state index contributed by atoms with van der Waals surface area (Å²) in [5.74, 6) is 1.73. The molecule has 3 N–H and O–H groups in total. The van der Waals surface area contributed by atoms with Crippen LogP contribution in [0.4, 0.5) is 0 Å². The summed E-state index contributed by atoms with van der Waals surface area (Å²) in [7, 11) is 1.94. The number of rotatable bonds is 5. The van der Waals surface area contributed by atoms with Crippen LogP contribution in [0.5, 0.6) is 0 Å². The van der Waals surface area contributed by atoms with Crippen molar-refractivity contribution in [2.75, 3.05) is 20.1 Å². The summed E-state index contributed by atoms with van der Waals surface area (Å²) < 4.78 is 5.57. The van der Waals surface area contributed by atoms with Gasteiger partial charge >= 0.3 is 0 Å². The summed E-state index contributed by atoms with van der Waals surface area (Å²) in [5, 5.41) is 9.77. The Kier molecular flexibility index (Phi) is 4.13. The van der Waals surface area contributed by atoms with Gasteiger partial charge in [-0.1, -0.05) is 0 Å². The lowest BCUT2D eigenvalue weighted by atomic mass is 10.1. The van der Waals surface area contributed by atoms with Gasteiger partial charge in [0.15, 0.2) is 0 Å². The Morgan fingerprint density at radius 1 is 1.50 bits per heavy atom. The Bertz CT molecular complexity index is 328. The van der Waals surface area contributed by atoms with Crippen LogP contribution in [0.2, 0.25) is 0 Å². The molecule has 92 valence electrons. The zero-order valence-corrected chi connectivity index (χ0v) is 10.5. The molecule has 0 bridgehead atoms. The van der Waals surface area contributed by atoms with Crippen LogP contribution in [0.1, 0.15) is 31.4 Å². The second-order valence-corrected chi connectivity index (χ2v) is 4.93. The van der Waals surface area contributed by atoms with E-state index in [0.717, 1.165) is 11.5 Å². The van der Waals surface area contributed by atoms with Gasteiger partial charge in [-0.05, 0) is 40.0 Å². The number of nitrogens with two attached hydrogens (primary N) is 1. The maximum absolute atomic E-state index is 9.77. The molecule has 0 aliphatic carbocycles. The highest BCUT2D eigenvalue weighted by atomic mass is 16.3. The molecule has 1 rings (SSSR count). The van der Waals surface area contributed by atoms with E-state index >= 15 is 0 Å². The molecule has 0 spiro atoms. The minimum atomic E-state index is -0.732. The van der Waals surface area contributed by atoms with Crippen LogP contribution in [0, 0.1) is 6.92 Å². The topological polar surface area (TPSA) is 62.6 Å². The summed E-state index contributed by atoms with van der Waals surface area (Å²) >= 11 is 0. The minimum absolute atomic E-state index is 0.0140. The van der Waals surface area contributed by atoms with E-state index in [4.69, 9.17) is 10.2 Å². The molecule has 1 aromatic rings. The molecular weight excluding hydrogens is 204 g/mol. The fourth-order valence-electron chi connectivity index (χ4n) is 1.87. The zero-order valence-electron chi connectivity index (χ0n) is 10.5. The van der Waals surface area contributed by atoms with Gasteiger partial charge in [0, 0.05) is 13.1 Å². The summed E-state index contributed by atoms with van der Waals surface area (Å²) in [6.45, 7) is 6.50. The third-order valence-electron chi connectivity index (χ3n) is 2.48. The first-order valence-electron chi connectivity index (χ1n) is 5.52. The van der Waals surface area contributed by atoms with Gasteiger partial charge in [0.2, 0.25) is 0 Å². The smallest absolute Gasteiger partial charge is 0.122 e. The highest BCUT2D eigenvalue weighted by molar-refractivity contribution is 5.10. The monoisotopic (exact) mass is 226 g/mol. The van der Waals surface area contributed by atoms with Crippen molar-refractivity contribution in [2.24, 2.45) is 5.73 Å². The number of likely N-dealkylation sites (N-methyl/N-ethyl adjacent to an activating group) is 1. The van der Waals surface area contributed by atoms with Crippen LogP contribution < -0.4 is 5.73 Å². The van der Waals surface area contributed by atoms with Crippen LogP contribution >= 0.6 is 0 Å². The zero-order chi connectivity index (χ0) is 12.3. The lowest BCUT2D eigenvalue weighted by Gasteiger charge is -2.30. The SMILES string of the molecule is Cc1ccc(C(CN)N(C)CC(C)(C)O)o1. The summed E-state index contributed by atoms with van der Waals surface area (Å²) in [5.41, 5.74) is 5.02. The van der Waals surface area contributed by atoms with Gasteiger partial charge in [0.1, 0.15) is 11.5 Å². The van der Waals surface area contributed by atoms with Crippen LogP contribution in [0.25, 0.3) is 0 Å². The van der Waals surface area contributed by atoms with E-state index < -0.39 is 5.60 Å². The van der Waals surface area contributed by atoms with Gasteiger partial charge < -0.3 is 15.3 Å². The number of hydrogen-bond acceptors (Lipinski definition) is 4. The van der Waals surface area contributed by atoms with Crippen molar-refractivity contribution in [2.45, 2.75) is 32.4 Å². The van der Waals surface area contributed by atoms with E-state index in [0.29, 0.717) is 13.1 Å². The molecule has 4 heteroatoms. The van der Waals surface area contributed by atoms with Crippen molar-refractivity contribution in [3.05, 3.63) is 23.7 Å². The van der Waals surface area contributed by atoms with Crippen molar-refractivity contribution >= 4 is 0 Å². The molecule has 1 heterocycles. The Morgan fingerprint density at radius 3 is 2.50 bits per heavy atom. The average Bonchev–Trinajstić information content (AvgIpc) is 2.49. The molecule has 1 unspecified atom stereocenters. The van der Waals surface area contributed by atoms with E-state index in [2.05, 4.69) is 0 Å². The standard InChI is InChI=1S/C12H22N2O2/c1-9-5-6-11(16-9)10(7-13)14(4)8-12(2,3)15/h5-6,10,15H,7-8,13H2,1-4H3. The average molecular weight is 226 g/mol. The van der Waals surface area contributed by atoms with Gasteiger partial charge in [-0.25, -0.2) is 0 Å². The van der Waals surface area contributed by atoms with Gasteiger partial charge in [0.05, 0.1) is 11.6 Å². The van der Waals surface area contributed by atoms with Crippen molar-refractivity contribution < 1.29 is 9.52 Å². The van der Waals surface area contributed by atoms with Gasteiger partial charge in [-0.2, -0.15) is 0 Å². The van der Waals surface area contributed by atoms with Crippen LogP contribution in [-0.4, -0.2) is 35.7 Å². The molecule has 0 fully saturated rings. The van der Waals surface area contributed by atoms with Crippen molar-refractivity contribution in [3.8, 4) is 0 Å². The molecule has 0 radical (unpaired) electrons. The molecule has 1 atom stereocenters. The Morgan fingerprint density at radius 2 is 2.12 bits per heavy atom. The minimum Gasteiger partial charge on any atom is -0.465 e. The second-order valence-electron chi connectivity index (χ2n) is 4.93. The molecule has 1 aromatic heterocycles. The molecule has 0 saturated carbocycles. The molecule has 0 saturated heterocycles. The highest BCUT2D eigenvalue weighted by Crippen LogP contribution is 2.22. The molecule has 4 nitrogen and oxygen atoms in total. The van der Waals surface area contributed by atoms with E-state index in [1.165, 1.54) is 0 Å². The van der Waals surface area contributed by atoms with Gasteiger partial charge in [-0.3, -0.25) is 4.90 Å². The third kappa shape index (κ3) is 3.63. The first-order chi connectivity index (χ1) is 7.33. The fraction of sp³-hybridized carbons (Fsp3) is 0.667. The van der Waals surface area contributed by atoms with E-state index in [1.54, 1.807) is 13.8 Å². The Labute approximate surface area is 97.0 Å². The maximum Gasteiger partial charge on any atom is 0.122 e. The van der Waals surface area contributed by atoms with Crippen LogP contribution in [-0.2, 0) is 0 Å². The number of hydrogen-bond donors (Lipinski definition) is 2. The van der Waals surface area contributed by atoms with Crippen molar-refractivity contribution in [1.29, 1.82) is 0 Å². The largest absolute Gasteiger partial charge is 0.465 e. The Hall–Kier alpha value is -0.840. The molecule has 0 aliphatic rings. The van der Waals surface area contributed by atoms with E-state index in [1.807, 2.05) is 31.0 Å². The predicted octanol–water partition coefficient (Wildman–Crippen LogP) is 1.29. The molecule has 0 amide bonds. The number of aliphatic hydroxyl groups is 1. The second kappa shape index (κ2) is 4.99. The van der Waals surface area contributed by atoms with Crippen molar-refractivity contribution in [3.63, 3.8) is 0 Å². The predicted molar refractivity (Wildman–Crippen MR) is 64.2 cm³/mol. The fourth-order valence-corrected chi connectivity index (χ4v) is 1.87. The van der Waals surface area contributed by atoms with Crippen LogP contribution in [0.15, 0.2) is 16.5 Å². The summed E-state index contributed by atoms with van der Waals surface area (Å²) in [6.07, 6.45) is 0. The first kappa shape index (κ1) is 13.2. The number of aryl methyl sites for hydroxylation is 1. The lowest BCUT2D eigenvalue weighted by Crippen LogP contribution is -2.40.